The minimum Gasteiger partial charge on any atom is -0.478 e. The number of thiophene rings is 1. The summed E-state index contributed by atoms with van der Waals surface area (Å²) in [5, 5.41) is 17.8. The molecule has 3 rings (SSSR count). The summed E-state index contributed by atoms with van der Waals surface area (Å²) < 4.78 is 1.94. The van der Waals surface area contributed by atoms with E-state index in [1.54, 1.807) is 29.0 Å². The SMILES string of the molecule is CCCn1nccc1-c1nc(-c2cc(C(=O)O)cs2)cs1. The number of carboxylic acid groups (broad SMARTS) is 1. The third kappa shape index (κ3) is 2.74. The average molecular weight is 319 g/mol. The van der Waals surface area contributed by atoms with Crippen molar-refractivity contribution in [2.45, 2.75) is 19.9 Å². The third-order valence-corrected chi connectivity index (χ3v) is 4.79. The van der Waals surface area contributed by atoms with Gasteiger partial charge in [-0.2, -0.15) is 5.10 Å². The van der Waals surface area contributed by atoms with Crippen molar-refractivity contribution in [1.82, 2.24) is 14.8 Å². The Labute approximate surface area is 129 Å². The van der Waals surface area contributed by atoms with E-state index in [1.807, 2.05) is 16.1 Å². The Morgan fingerprint density at radius 1 is 1.38 bits per heavy atom. The Hall–Kier alpha value is -1.99. The molecule has 3 aromatic heterocycles. The molecule has 0 unspecified atom stereocenters. The number of carboxylic acids is 1. The number of rotatable bonds is 5. The number of aromatic nitrogens is 3. The standard InChI is InChI=1S/C14H13N3O2S2/c1-2-5-17-11(3-4-15-17)13-16-10(8-21-13)12-6-9(7-20-12)14(18)19/h3-4,6-8H,2,5H2,1H3,(H,18,19). The molecule has 3 heterocycles. The van der Waals surface area contributed by atoms with Crippen molar-refractivity contribution in [1.29, 1.82) is 0 Å². The molecule has 0 amide bonds. The number of aromatic carboxylic acids is 1. The summed E-state index contributed by atoms with van der Waals surface area (Å²) >= 11 is 2.94. The zero-order chi connectivity index (χ0) is 14.8. The number of carbonyl (C=O) groups is 1. The van der Waals surface area contributed by atoms with E-state index in [2.05, 4.69) is 17.0 Å². The predicted molar refractivity (Wildman–Crippen MR) is 83.9 cm³/mol. The first-order chi connectivity index (χ1) is 10.2. The minimum absolute atomic E-state index is 0.306. The summed E-state index contributed by atoms with van der Waals surface area (Å²) in [6.07, 6.45) is 2.79. The molecule has 0 bridgehead atoms. The molecule has 0 saturated carbocycles. The molecule has 0 aromatic carbocycles. The lowest BCUT2D eigenvalue weighted by molar-refractivity contribution is 0.0697. The molecule has 0 aliphatic rings. The van der Waals surface area contributed by atoms with E-state index >= 15 is 0 Å². The lowest BCUT2D eigenvalue weighted by atomic mass is 10.3. The summed E-state index contributed by atoms with van der Waals surface area (Å²) in [6, 6.07) is 3.62. The predicted octanol–water partition coefficient (Wildman–Crippen LogP) is 3.84. The first-order valence-corrected chi connectivity index (χ1v) is 8.25. The normalized spacial score (nSPS) is 10.9. The highest BCUT2D eigenvalue weighted by molar-refractivity contribution is 7.15. The molecule has 0 aliphatic carbocycles. The first-order valence-electron chi connectivity index (χ1n) is 6.49. The molecule has 21 heavy (non-hydrogen) atoms. The van der Waals surface area contributed by atoms with Crippen molar-refractivity contribution < 1.29 is 9.90 Å². The Kier molecular flexibility index (Phi) is 3.85. The molecular formula is C14H13N3O2S2. The van der Waals surface area contributed by atoms with Gasteiger partial charge in [0.05, 0.1) is 21.8 Å². The van der Waals surface area contributed by atoms with Crippen LogP contribution in [-0.2, 0) is 6.54 Å². The van der Waals surface area contributed by atoms with Gasteiger partial charge in [0, 0.05) is 23.5 Å². The molecule has 0 spiro atoms. The second kappa shape index (κ2) is 5.79. The van der Waals surface area contributed by atoms with E-state index in [9.17, 15) is 4.79 Å². The lowest BCUT2D eigenvalue weighted by Crippen LogP contribution is -2.00. The van der Waals surface area contributed by atoms with Gasteiger partial charge >= 0.3 is 5.97 Å². The fourth-order valence-electron chi connectivity index (χ4n) is 1.99. The van der Waals surface area contributed by atoms with Gasteiger partial charge < -0.3 is 5.11 Å². The van der Waals surface area contributed by atoms with Crippen molar-refractivity contribution in [2.24, 2.45) is 0 Å². The number of hydrogen-bond donors (Lipinski definition) is 1. The smallest absolute Gasteiger partial charge is 0.336 e. The van der Waals surface area contributed by atoms with E-state index in [0.29, 0.717) is 5.56 Å². The summed E-state index contributed by atoms with van der Waals surface area (Å²) in [5.41, 5.74) is 2.13. The second-order valence-corrected chi connectivity index (χ2v) is 6.25. The lowest BCUT2D eigenvalue weighted by Gasteiger charge is -2.02. The number of thiazole rings is 1. The number of hydrogen-bond acceptors (Lipinski definition) is 5. The van der Waals surface area contributed by atoms with Crippen LogP contribution in [0, 0.1) is 0 Å². The van der Waals surface area contributed by atoms with Crippen LogP contribution in [0.1, 0.15) is 23.7 Å². The van der Waals surface area contributed by atoms with E-state index in [-0.39, 0.29) is 0 Å². The average Bonchev–Trinajstić information content (AvgIpc) is 3.18. The van der Waals surface area contributed by atoms with Crippen LogP contribution < -0.4 is 0 Å². The van der Waals surface area contributed by atoms with Gasteiger partial charge in [0.25, 0.3) is 0 Å². The monoisotopic (exact) mass is 319 g/mol. The van der Waals surface area contributed by atoms with Crippen LogP contribution in [0.25, 0.3) is 21.3 Å². The van der Waals surface area contributed by atoms with Gasteiger partial charge in [-0.1, -0.05) is 6.92 Å². The summed E-state index contributed by atoms with van der Waals surface area (Å²) in [5.74, 6) is -0.908. The highest BCUT2D eigenvalue weighted by Gasteiger charge is 2.13. The van der Waals surface area contributed by atoms with Gasteiger partial charge in [-0.25, -0.2) is 9.78 Å². The topological polar surface area (TPSA) is 68.0 Å². The fraction of sp³-hybridized carbons (Fsp3) is 0.214. The molecule has 3 aromatic rings. The molecule has 0 radical (unpaired) electrons. The Balaban J connectivity index is 1.92. The van der Waals surface area contributed by atoms with E-state index < -0.39 is 5.97 Å². The largest absolute Gasteiger partial charge is 0.478 e. The maximum atomic E-state index is 10.9. The molecule has 0 fully saturated rings. The number of nitrogens with zero attached hydrogens (tertiary/aromatic N) is 3. The van der Waals surface area contributed by atoms with E-state index in [1.165, 1.54) is 11.3 Å². The molecular weight excluding hydrogens is 306 g/mol. The summed E-state index contributed by atoms with van der Waals surface area (Å²) in [4.78, 5) is 16.4. The molecule has 0 atom stereocenters. The highest BCUT2D eigenvalue weighted by Crippen LogP contribution is 2.32. The van der Waals surface area contributed by atoms with Gasteiger partial charge in [0.15, 0.2) is 0 Å². The maximum Gasteiger partial charge on any atom is 0.336 e. The van der Waals surface area contributed by atoms with Crippen molar-refractivity contribution in [3.05, 3.63) is 34.7 Å². The van der Waals surface area contributed by atoms with Crippen LogP contribution in [0.2, 0.25) is 0 Å². The van der Waals surface area contributed by atoms with Gasteiger partial charge in [0.2, 0.25) is 0 Å². The maximum absolute atomic E-state index is 10.9. The second-order valence-electron chi connectivity index (χ2n) is 4.48. The Morgan fingerprint density at radius 2 is 2.24 bits per heavy atom. The molecule has 108 valence electrons. The van der Waals surface area contributed by atoms with Crippen LogP contribution in [0.5, 0.6) is 0 Å². The molecule has 7 heteroatoms. The van der Waals surface area contributed by atoms with Crippen LogP contribution in [-0.4, -0.2) is 25.8 Å². The van der Waals surface area contributed by atoms with Gasteiger partial charge in [-0.15, -0.1) is 22.7 Å². The van der Waals surface area contributed by atoms with Crippen molar-refractivity contribution >= 4 is 28.6 Å². The van der Waals surface area contributed by atoms with E-state index in [4.69, 9.17) is 5.11 Å². The quantitative estimate of drug-likeness (QED) is 0.775. The zero-order valence-electron chi connectivity index (χ0n) is 11.3. The molecule has 1 N–H and O–H groups in total. The Bertz CT molecular complexity index is 773. The van der Waals surface area contributed by atoms with Crippen LogP contribution >= 0.6 is 22.7 Å². The molecule has 5 nitrogen and oxygen atoms in total. The molecule has 0 saturated heterocycles. The fourth-order valence-corrected chi connectivity index (χ4v) is 3.76. The van der Waals surface area contributed by atoms with Crippen LogP contribution in [0.15, 0.2) is 29.1 Å². The third-order valence-electron chi connectivity index (χ3n) is 2.97. The zero-order valence-corrected chi connectivity index (χ0v) is 12.9. The van der Waals surface area contributed by atoms with Gasteiger partial charge in [-0.05, 0) is 18.6 Å². The summed E-state index contributed by atoms with van der Waals surface area (Å²) in [7, 11) is 0. The van der Waals surface area contributed by atoms with Crippen molar-refractivity contribution in [3.63, 3.8) is 0 Å². The highest BCUT2D eigenvalue weighted by atomic mass is 32.1. The van der Waals surface area contributed by atoms with Crippen LogP contribution in [0.3, 0.4) is 0 Å². The Morgan fingerprint density at radius 3 is 2.95 bits per heavy atom. The number of aryl methyl sites for hydroxylation is 1. The van der Waals surface area contributed by atoms with Gasteiger partial charge in [0.1, 0.15) is 5.01 Å². The minimum atomic E-state index is -0.908. The molecule has 0 aliphatic heterocycles. The van der Waals surface area contributed by atoms with Crippen molar-refractivity contribution in [3.8, 4) is 21.3 Å². The first kappa shape index (κ1) is 14.0. The van der Waals surface area contributed by atoms with Gasteiger partial charge in [-0.3, -0.25) is 4.68 Å². The van der Waals surface area contributed by atoms with Crippen molar-refractivity contribution in [2.75, 3.05) is 0 Å². The summed E-state index contributed by atoms with van der Waals surface area (Å²) in [6.45, 7) is 2.97. The van der Waals surface area contributed by atoms with E-state index in [0.717, 1.165) is 34.2 Å². The van der Waals surface area contributed by atoms with Crippen LogP contribution in [0.4, 0.5) is 0 Å².